The third-order valence-corrected chi connectivity index (χ3v) is 4.93. The molecule has 0 bridgehead atoms. The zero-order valence-electron chi connectivity index (χ0n) is 16.4. The molecule has 0 fully saturated rings. The minimum absolute atomic E-state index is 0.0274. The number of H-pyrrole nitrogens is 1. The van der Waals surface area contributed by atoms with Gasteiger partial charge in [-0.2, -0.15) is 0 Å². The van der Waals surface area contributed by atoms with Crippen molar-refractivity contribution in [2.75, 3.05) is 11.1 Å². The van der Waals surface area contributed by atoms with Crippen LogP contribution in [0, 0.1) is 0 Å². The maximum atomic E-state index is 12.7. The molecule has 31 heavy (non-hydrogen) atoms. The van der Waals surface area contributed by atoms with Crippen molar-refractivity contribution in [2.24, 2.45) is 0 Å². The third kappa shape index (κ3) is 4.84. The molecule has 0 radical (unpaired) electrons. The molecule has 0 atom stereocenters. The lowest BCUT2D eigenvalue weighted by atomic mass is 10.1. The zero-order valence-corrected chi connectivity index (χ0v) is 17.1. The van der Waals surface area contributed by atoms with Gasteiger partial charge in [0.15, 0.2) is 5.78 Å². The molecule has 2 aromatic heterocycles. The summed E-state index contributed by atoms with van der Waals surface area (Å²) in [6.07, 6.45) is 5.03. The Morgan fingerprint density at radius 2 is 1.97 bits per heavy atom. The van der Waals surface area contributed by atoms with Crippen LogP contribution in [0.4, 0.5) is 11.4 Å². The molecule has 0 unspecified atom stereocenters. The lowest BCUT2D eigenvalue weighted by molar-refractivity contribution is -0.116. The van der Waals surface area contributed by atoms with Crippen molar-refractivity contribution < 1.29 is 14.3 Å². The van der Waals surface area contributed by atoms with Gasteiger partial charge in [-0.3, -0.25) is 14.6 Å². The van der Waals surface area contributed by atoms with Crippen LogP contribution in [0.1, 0.15) is 23.2 Å². The molecule has 0 aliphatic heterocycles. The molecule has 1 amide bonds. The molecule has 4 N–H and O–H groups in total. The van der Waals surface area contributed by atoms with E-state index in [1.54, 1.807) is 48.9 Å². The number of pyridine rings is 1. The third-order valence-electron chi connectivity index (χ3n) is 4.69. The molecule has 0 aliphatic carbocycles. The van der Waals surface area contributed by atoms with E-state index in [0.717, 1.165) is 10.9 Å². The Kier molecular flexibility index (Phi) is 5.86. The van der Waals surface area contributed by atoms with Crippen molar-refractivity contribution in [2.45, 2.75) is 12.8 Å². The lowest BCUT2D eigenvalue weighted by Crippen LogP contribution is -2.14. The Morgan fingerprint density at radius 1 is 1.10 bits per heavy atom. The number of benzene rings is 2. The minimum atomic E-state index is -0.311. The van der Waals surface area contributed by atoms with E-state index in [1.165, 1.54) is 0 Å². The number of anilines is 2. The fourth-order valence-electron chi connectivity index (χ4n) is 3.15. The van der Waals surface area contributed by atoms with E-state index in [-0.39, 0.29) is 24.5 Å². The summed E-state index contributed by atoms with van der Waals surface area (Å²) in [7, 11) is 0. The number of fused-ring (bicyclic) bond motifs is 1. The summed E-state index contributed by atoms with van der Waals surface area (Å²) in [6.45, 7) is 0. The maximum Gasteiger partial charge on any atom is 0.224 e. The van der Waals surface area contributed by atoms with Crippen LogP contribution in [-0.4, -0.2) is 21.7 Å². The van der Waals surface area contributed by atoms with E-state index in [9.17, 15) is 9.59 Å². The molecule has 0 saturated carbocycles. The van der Waals surface area contributed by atoms with Gasteiger partial charge in [-0.05, 0) is 42.5 Å². The maximum absolute atomic E-state index is 12.7. The number of nitrogens with zero attached hydrogens (tertiary/aromatic N) is 1. The Morgan fingerprint density at radius 3 is 2.77 bits per heavy atom. The number of ketones is 1. The quantitative estimate of drug-likeness (QED) is 0.274. The largest absolute Gasteiger partial charge is 0.456 e. The van der Waals surface area contributed by atoms with Crippen LogP contribution in [0.25, 0.3) is 10.9 Å². The molecule has 0 spiro atoms. The summed E-state index contributed by atoms with van der Waals surface area (Å²) in [4.78, 5) is 32.0. The number of carbonyl (C=O) groups excluding carboxylic acids is 2. The summed E-state index contributed by atoms with van der Waals surface area (Å²) in [5.74, 6) is 0.798. The number of rotatable bonds is 7. The summed E-state index contributed by atoms with van der Waals surface area (Å²) < 4.78 is 5.77. The van der Waals surface area contributed by atoms with Crippen LogP contribution in [0.15, 0.2) is 67.1 Å². The fraction of sp³-hybridized carbons (Fsp3) is 0.0870. The lowest BCUT2D eigenvalue weighted by Gasteiger charge is -2.08. The monoisotopic (exact) mass is 434 g/mol. The number of aromatic amines is 1. The van der Waals surface area contributed by atoms with E-state index in [2.05, 4.69) is 15.3 Å². The predicted molar refractivity (Wildman–Crippen MR) is 121 cm³/mol. The van der Waals surface area contributed by atoms with Crippen molar-refractivity contribution >= 4 is 45.6 Å². The second kappa shape index (κ2) is 8.89. The van der Waals surface area contributed by atoms with E-state index in [1.807, 2.05) is 18.2 Å². The van der Waals surface area contributed by atoms with Crippen molar-refractivity contribution in [3.63, 3.8) is 0 Å². The van der Waals surface area contributed by atoms with Crippen LogP contribution in [0.3, 0.4) is 0 Å². The highest BCUT2D eigenvalue weighted by Crippen LogP contribution is 2.28. The van der Waals surface area contributed by atoms with E-state index < -0.39 is 0 Å². The van der Waals surface area contributed by atoms with Gasteiger partial charge in [0.1, 0.15) is 11.5 Å². The van der Waals surface area contributed by atoms with Gasteiger partial charge < -0.3 is 20.8 Å². The topological polar surface area (TPSA) is 110 Å². The summed E-state index contributed by atoms with van der Waals surface area (Å²) in [5, 5.41) is 3.92. The summed E-state index contributed by atoms with van der Waals surface area (Å²) in [5.41, 5.74) is 7.96. The van der Waals surface area contributed by atoms with Crippen LogP contribution in [0.2, 0.25) is 5.02 Å². The SMILES string of the molecule is Nc1ccc(Cl)cc1NC(=O)CCC(=O)c1c[nH]c2cc(Oc3cccnc3)ccc12. The number of halogens is 1. The number of nitrogen functional groups attached to an aromatic ring is 1. The summed E-state index contributed by atoms with van der Waals surface area (Å²) >= 11 is 5.93. The van der Waals surface area contributed by atoms with Crippen LogP contribution in [0.5, 0.6) is 11.5 Å². The highest BCUT2D eigenvalue weighted by molar-refractivity contribution is 6.31. The first-order valence-corrected chi connectivity index (χ1v) is 9.94. The number of ether oxygens (including phenoxy) is 1. The number of nitrogens with two attached hydrogens (primary N) is 1. The molecule has 2 heterocycles. The molecule has 4 aromatic rings. The minimum Gasteiger partial charge on any atom is -0.456 e. The highest BCUT2D eigenvalue weighted by atomic mass is 35.5. The Labute approximate surface area is 183 Å². The standard InChI is InChI=1S/C23H19ClN4O3/c24-14-3-6-19(25)21(10-14)28-23(30)8-7-22(29)18-13-27-20-11-15(4-5-17(18)20)31-16-2-1-9-26-12-16/h1-6,9-13,27H,7-8,25H2,(H,28,30). The van der Waals surface area contributed by atoms with E-state index in [4.69, 9.17) is 22.1 Å². The van der Waals surface area contributed by atoms with Crippen molar-refractivity contribution in [3.05, 3.63) is 77.7 Å². The van der Waals surface area contributed by atoms with Crippen molar-refractivity contribution in [1.82, 2.24) is 9.97 Å². The number of carbonyl (C=O) groups is 2. The van der Waals surface area contributed by atoms with Crippen LogP contribution >= 0.6 is 11.6 Å². The average molecular weight is 435 g/mol. The van der Waals surface area contributed by atoms with Gasteiger partial charge in [0.2, 0.25) is 5.91 Å². The van der Waals surface area contributed by atoms with Gasteiger partial charge in [-0.15, -0.1) is 0 Å². The second-order valence-corrected chi connectivity index (χ2v) is 7.34. The predicted octanol–water partition coefficient (Wildman–Crippen LogP) is 5.19. The first-order chi connectivity index (χ1) is 15.0. The van der Waals surface area contributed by atoms with Gasteiger partial charge in [0.05, 0.1) is 17.6 Å². The van der Waals surface area contributed by atoms with Crippen molar-refractivity contribution in [1.29, 1.82) is 0 Å². The average Bonchev–Trinajstić information content (AvgIpc) is 3.19. The highest BCUT2D eigenvalue weighted by Gasteiger charge is 2.15. The number of hydrogen-bond acceptors (Lipinski definition) is 5. The van der Waals surface area contributed by atoms with E-state index >= 15 is 0 Å². The second-order valence-electron chi connectivity index (χ2n) is 6.90. The van der Waals surface area contributed by atoms with Crippen LogP contribution < -0.4 is 15.8 Å². The Bertz CT molecular complexity index is 1250. The molecule has 0 saturated heterocycles. The smallest absolute Gasteiger partial charge is 0.224 e. The van der Waals surface area contributed by atoms with Crippen molar-refractivity contribution in [3.8, 4) is 11.5 Å². The van der Waals surface area contributed by atoms with Gasteiger partial charge in [-0.25, -0.2) is 0 Å². The number of Topliss-reactive ketones (excluding diaryl/α,β-unsaturated/α-hetero) is 1. The van der Waals surface area contributed by atoms with Gasteiger partial charge in [0, 0.05) is 52.8 Å². The van der Waals surface area contributed by atoms with Crippen LogP contribution in [-0.2, 0) is 4.79 Å². The van der Waals surface area contributed by atoms with E-state index in [0.29, 0.717) is 33.5 Å². The zero-order chi connectivity index (χ0) is 21.8. The molecule has 4 rings (SSSR count). The molecular weight excluding hydrogens is 416 g/mol. The first kappa shape index (κ1) is 20.4. The van der Waals surface area contributed by atoms with Gasteiger partial charge in [0.25, 0.3) is 0 Å². The Balaban J connectivity index is 1.40. The molecule has 0 aliphatic rings. The van der Waals surface area contributed by atoms with Gasteiger partial charge in [-0.1, -0.05) is 11.6 Å². The number of hydrogen-bond donors (Lipinski definition) is 3. The van der Waals surface area contributed by atoms with Gasteiger partial charge >= 0.3 is 0 Å². The first-order valence-electron chi connectivity index (χ1n) is 9.57. The summed E-state index contributed by atoms with van der Waals surface area (Å²) in [6, 6.07) is 13.8. The Hall–Kier alpha value is -3.84. The number of nitrogens with one attached hydrogen (secondary N) is 2. The molecule has 8 heteroatoms. The normalized spacial score (nSPS) is 10.7. The molecule has 7 nitrogen and oxygen atoms in total. The molecular formula is C23H19ClN4O3. The molecule has 156 valence electrons. The molecule has 2 aromatic carbocycles. The fourth-order valence-corrected chi connectivity index (χ4v) is 3.33. The number of aromatic nitrogens is 2. The number of amides is 1.